The smallest absolute Gasteiger partial charge is 0.381 e. The predicted octanol–water partition coefficient (Wildman–Crippen LogP) is 2.26. The van der Waals surface area contributed by atoms with Crippen molar-refractivity contribution in [1.29, 1.82) is 0 Å². The van der Waals surface area contributed by atoms with E-state index in [1.807, 2.05) is 0 Å². The first kappa shape index (κ1) is 21.1. The van der Waals surface area contributed by atoms with Crippen LogP contribution in [0.3, 0.4) is 0 Å². The van der Waals surface area contributed by atoms with E-state index in [1.54, 1.807) is 0 Å². The highest BCUT2D eigenvalue weighted by atomic mass is 32.2. The Bertz CT molecular complexity index is 799. The second-order valence-electron chi connectivity index (χ2n) is 7.18. The van der Waals surface area contributed by atoms with Gasteiger partial charge in [0, 0.05) is 38.1 Å². The molecule has 0 aliphatic carbocycles. The summed E-state index contributed by atoms with van der Waals surface area (Å²) in [6.45, 7) is 2.08. The minimum absolute atomic E-state index is 0.100. The molecule has 1 aromatic rings. The number of alkyl halides is 3. The van der Waals surface area contributed by atoms with Crippen LogP contribution in [0.5, 0.6) is 0 Å². The standard InChI is InChI=1S/C18H23F3N2O4S/c19-18(20,21)15-2-1-3-16(10-15)28(25,26)23-7-4-14(5-8-23)17(24)22-11-13-6-9-27-12-13/h1-3,10,13-14H,4-9,11-12H2,(H,22,24)/t13-/m0/s1. The Kier molecular flexibility index (Phi) is 6.31. The number of hydrogen-bond acceptors (Lipinski definition) is 4. The Morgan fingerprint density at radius 2 is 1.93 bits per heavy atom. The van der Waals surface area contributed by atoms with Crippen LogP contribution in [0, 0.1) is 11.8 Å². The molecule has 0 saturated carbocycles. The Hall–Kier alpha value is -1.65. The van der Waals surface area contributed by atoms with Gasteiger partial charge in [-0.1, -0.05) is 6.07 Å². The molecule has 28 heavy (non-hydrogen) atoms. The lowest BCUT2D eigenvalue weighted by molar-refractivity contribution is -0.137. The number of amides is 1. The van der Waals surface area contributed by atoms with E-state index in [0.717, 1.165) is 28.9 Å². The molecule has 2 heterocycles. The van der Waals surface area contributed by atoms with Gasteiger partial charge in [0.2, 0.25) is 15.9 Å². The predicted molar refractivity (Wildman–Crippen MR) is 94.9 cm³/mol. The molecule has 2 fully saturated rings. The maximum Gasteiger partial charge on any atom is 0.416 e. The van der Waals surface area contributed by atoms with Crippen molar-refractivity contribution in [2.75, 3.05) is 32.8 Å². The van der Waals surface area contributed by atoms with Gasteiger partial charge >= 0.3 is 6.18 Å². The number of carbonyl (C=O) groups excluding carboxylic acids is 1. The van der Waals surface area contributed by atoms with Gasteiger partial charge < -0.3 is 10.1 Å². The fraction of sp³-hybridized carbons (Fsp3) is 0.611. The molecule has 0 radical (unpaired) electrons. The van der Waals surface area contributed by atoms with E-state index in [4.69, 9.17) is 4.74 Å². The molecular weight excluding hydrogens is 397 g/mol. The summed E-state index contributed by atoms with van der Waals surface area (Å²) in [7, 11) is -4.03. The van der Waals surface area contributed by atoms with Crippen molar-refractivity contribution >= 4 is 15.9 Å². The molecule has 156 valence electrons. The van der Waals surface area contributed by atoms with E-state index in [2.05, 4.69) is 5.32 Å². The van der Waals surface area contributed by atoms with Gasteiger partial charge in [0.05, 0.1) is 17.1 Å². The van der Waals surface area contributed by atoms with E-state index in [1.165, 1.54) is 0 Å². The van der Waals surface area contributed by atoms with Gasteiger partial charge in [0.25, 0.3) is 0 Å². The van der Waals surface area contributed by atoms with Crippen LogP contribution in [-0.4, -0.2) is 51.5 Å². The van der Waals surface area contributed by atoms with Crippen LogP contribution in [0.25, 0.3) is 0 Å². The summed E-state index contributed by atoms with van der Waals surface area (Å²) in [6, 6.07) is 3.73. The molecular formula is C18H23F3N2O4S. The molecule has 0 aromatic heterocycles. The van der Waals surface area contributed by atoms with E-state index in [0.29, 0.717) is 44.6 Å². The molecule has 1 atom stereocenters. The SMILES string of the molecule is O=C(NC[C@@H]1CCOC1)C1CCN(S(=O)(=O)c2cccc(C(F)(F)F)c2)CC1. The van der Waals surface area contributed by atoms with Crippen molar-refractivity contribution in [2.45, 2.75) is 30.3 Å². The molecule has 1 aromatic carbocycles. The van der Waals surface area contributed by atoms with Crippen molar-refractivity contribution in [3.8, 4) is 0 Å². The second kappa shape index (κ2) is 8.38. The van der Waals surface area contributed by atoms with Crippen LogP contribution in [0.1, 0.15) is 24.8 Å². The Morgan fingerprint density at radius 3 is 2.54 bits per heavy atom. The van der Waals surface area contributed by atoms with Gasteiger partial charge in [-0.25, -0.2) is 8.42 Å². The van der Waals surface area contributed by atoms with E-state index in [9.17, 15) is 26.4 Å². The van der Waals surface area contributed by atoms with Crippen LogP contribution in [0.15, 0.2) is 29.2 Å². The van der Waals surface area contributed by atoms with Gasteiger partial charge in [0.1, 0.15) is 0 Å². The zero-order chi connectivity index (χ0) is 20.4. The average molecular weight is 420 g/mol. The topological polar surface area (TPSA) is 75.7 Å². The minimum atomic E-state index is -4.61. The summed E-state index contributed by atoms with van der Waals surface area (Å²) in [4.78, 5) is 11.9. The van der Waals surface area contributed by atoms with Crippen molar-refractivity contribution in [3.63, 3.8) is 0 Å². The molecule has 6 nitrogen and oxygen atoms in total. The summed E-state index contributed by atoms with van der Waals surface area (Å²) in [6.07, 6.45) is -3.02. The first-order valence-electron chi connectivity index (χ1n) is 9.21. The van der Waals surface area contributed by atoms with Gasteiger partial charge in [-0.15, -0.1) is 0 Å². The summed E-state index contributed by atoms with van der Waals surface area (Å²) in [5, 5.41) is 2.89. The monoisotopic (exact) mass is 420 g/mol. The van der Waals surface area contributed by atoms with Crippen molar-refractivity contribution in [3.05, 3.63) is 29.8 Å². The van der Waals surface area contributed by atoms with Crippen LogP contribution in [0.2, 0.25) is 0 Å². The number of piperidine rings is 1. The van der Waals surface area contributed by atoms with E-state index >= 15 is 0 Å². The number of halogens is 3. The summed E-state index contributed by atoms with van der Waals surface area (Å²) < 4.78 is 70.4. The Morgan fingerprint density at radius 1 is 1.21 bits per heavy atom. The largest absolute Gasteiger partial charge is 0.416 e. The number of nitrogens with zero attached hydrogens (tertiary/aromatic N) is 1. The molecule has 1 N–H and O–H groups in total. The van der Waals surface area contributed by atoms with Gasteiger partial charge in [-0.3, -0.25) is 4.79 Å². The molecule has 1 amide bonds. The average Bonchev–Trinajstić information content (AvgIpc) is 3.19. The zero-order valence-corrected chi connectivity index (χ0v) is 16.1. The number of benzene rings is 1. The highest BCUT2D eigenvalue weighted by molar-refractivity contribution is 7.89. The van der Waals surface area contributed by atoms with Crippen molar-refractivity contribution in [1.82, 2.24) is 9.62 Å². The van der Waals surface area contributed by atoms with Gasteiger partial charge in [-0.05, 0) is 37.5 Å². The number of hydrogen-bond donors (Lipinski definition) is 1. The Balaban J connectivity index is 1.58. The lowest BCUT2D eigenvalue weighted by Gasteiger charge is -2.30. The molecule has 0 spiro atoms. The molecule has 2 saturated heterocycles. The van der Waals surface area contributed by atoms with Crippen LogP contribution < -0.4 is 5.32 Å². The second-order valence-corrected chi connectivity index (χ2v) is 9.12. The van der Waals surface area contributed by atoms with E-state index < -0.39 is 21.8 Å². The summed E-state index contributed by atoms with van der Waals surface area (Å²) in [5.41, 5.74) is -1.00. The molecule has 0 unspecified atom stereocenters. The molecule has 2 aliphatic heterocycles. The lowest BCUT2D eigenvalue weighted by Crippen LogP contribution is -2.43. The normalized spacial score (nSPS) is 22.3. The third-order valence-corrected chi connectivity index (χ3v) is 7.11. The van der Waals surface area contributed by atoms with E-state index in [-0.39, 0.29) is 29.8 Å². The van der Waals surface area contributed by atoms with Gasteiger partial charge in [0.15, 0.2) is 0 Å². The highest BCUT2D eigenvalue weighted by Crippen LogP contribution is 2.32. The fourth-order valence-electron chi connectivity index (χ4n) is 3.47. The minimum Gasteiger partial charge on any atom is -0.381 e. The van der Waals surface area contributed by atoms with Crippen molar-refractivity contribution in [2.24, 2.45) is 11.8 Å². The third-order valence-electron chi connectivity index (χ3n) is 5.21. The van der Waals surface area contributed by atoms with Crippen LogP contribution in [0.4, 0.5) is 13.2 Å². The zero-order valence-electron chi connectivity index (χ0n) is 15.2. The third kappa shape index (κ3) is 4.84. The highest BCUT2D eigenvalue weighted by Gasteiger charge is 2.35. The quantitative estimate of drug-likeness (QED) is 0.793. The van der Waals surface area contributed by atoms with Crippen LogP contribution in [-0.2, 0) is 25.7 Å². The number of carbonyl (C=O) groups is 1. The van der Waals surface area contributed by atoms with Gasteiger partial charge in [-0.2, -0.15) is 17.5 Å². The molecule has 0 bridgehead atoms. The molecule has 10 heteroatoms. The lowest BCUT2D eigenvalue weighted by atomic mass is 9.97. The summed E-state index contributed by atoms with van der Waals surface area (Å²) >= 11 is 0. The number of ether oxygens (including phenoxy) is 1. The van der Waals surface area contributed by atoms with Crippen molar-refractivity contribution < 1.29 is 31.1 Å². The molecule has 3 rings (SSSR count). The fourth-order valence-corrected chi connectivity index (χ4v) is 4.99. The number of rotatable bonds is 5. The maximum atomic E-state index is 12.9. The number of nitrogens with one attached hydrogen (secondary N) is 1. The first-order valence-corrected chi connectivity index (χ1v) is 10.6. The van der Waals surface area contributed by atoms with Crippen LogP contribution >= 0.6 is 0 Å². The molecule has 2 aliphatic rings. The number of sulfonamides is 1. The maximum absolute atomic E-state index is 12.9. The first-order chi connectivity index (χ1) is 13.2. The Labute approximate surface area is 162 Å². The summed E-state index contributed by atoms with van der Waals surface area (Å²) in [5.74, 6) is -0.0939.